The average Bonchev–Trinajstić information content (AvgIpc) is 3.54. The van der Waals surface area contributed by atoms with E-state index in [1.54, 1.807) is 0 Å². The molecule has 0 saturated carbocycles. The number of pyridine rings is 2. The summed E-state index contributed by atoms with van der Waals surface area (Å²) in [5.41, 5.74) is 11.4. The van der Waals surface area contributed by atoms with Crippen molar-refractivity contribution in [3.63, 3.8) is 0 Å². The molecule has 0 aliphatic rings. The number of aromatic nitrogens is 5. The number of hydrogen-bond donors (Lipinski definition) is 0. The van der Waals surface area contributed by atoms with Crippen LogP contribution in [0.4, 0.5) is 0 Å². The van der Waals surface area contributed by atoms with Gasteiger partial charge in [-0.05, 0) is 17.7 Å². The first-order valence-electron chi connectivity index (χ1n) is 15.7. The molecule has 0 bridgehead atoms. The highest BCUT2D eigenvalue weighted by atomic mass is 15.1. The SMILES string of the molecule is c1ccc(-c2nc(-c3ccccc3)c(-c3ccc(-c4nc5c(nc6ccccn65)c5ccccc45)cc3)c(-c3ccccc3)n2)cc1. The highest BCUT2D eigenvalue weighted by molar-refractivity contribution is 6.09. The van der Waals surface area contributed by atoms with E-state index in [1.807, 2.05) is 54.7 Å². The zero-order chi connectivity index (χ0) is 31.2. The molecular formula is C42H27N5. The van der Waals surface area contributed by atoms with E-state index >= 15 is 0 Å². The van der Waals surface area contributed by atoms with Crippen molar-refractivity contribution in [3.8, 4) is 56.3 Å². The van der Waals surface area contributed by atoms with E-state index in [1.165, 1.54) is 0 Å². The van der Waals surface area contributed by atoms with Gasteiger partial charge in [0.2, 0.25) is 0 Å². The Kier molecular flexibility index (Phi) is 6.39. The second-order valence-electron chi connectivity index (χ2n) is 11.5. The summed E-state index contributed by atoms with van der Waals surface area (Å²) in [6.45, 7) is 0. The minimum atomic E-state index is 0.695. The van der Waals surface area contributed by atoms with Crippen molar-refractivity contribution in [2.45, 2.75) is 0 Å². The predicted molar refractivity (Wildman–Crippen MR) is 191 cm³/mol. The first-order valence-corrected chi connectivity index (χ1v) is 15.7. The molecule has 0 fully saturated rings. The number of hydrogen-bond acceptors (Lipinski definition) is 4. The van der Waals surface area contributed by atoms with E-state index in [-0.39, 0.29) is 0 Å². The Hall–Kier alpha value is -6.46. The van der Waals surface area contributed by atoms with Crippen LogP contribution in [0.15, 0.2) is 164 Å². The Morgan fingerprint density at radius 2 is 0.872 bits per heavy atom. The van der Waals surface area contributed by atoms with Gasteiger partial charge in [0.25, 0.3) is 0 Å². The molecule has 0 unspecified atom stereocenters. The largest absolute Gasteiger partial charge is 0.284 e. The van der Waals surface area contributed by atoms with Gasteiger partial charge in [-0.15, -0.1) is 0 Å². The smallest absolute Gasteiger partial charge is 0.165 e. The Labute approximate surface area is 271 Å². The van der Waals surface area contributed by atoms with Crippen LogP contribution in [0.3, 0.4) is 0 Å². The van der Waals surface area contributed by atoms with Crippen molar-refractivity contribution in [2.24, 2.45) is 0 Å². The minimum absolute atomic E-state index is 0.695. The van der Waals surface area contributed by atoms with Crippen molar-refractivity contribution in [2.75, 3.05) is 0 Å². The molecule has 0 saturated heterocycles. The minimum Gasteiger partial charge on any atom is -0.284 e. The molecule has 4 aromatic heterocycles. The lowest BCUT2D eigenvalue weighted by Gasteiger charge is -2.17. The topological polar surface area (TPSA) is 56.0 Å². The molecule has 0 spiro atoms. The first kappa shape index (κ1) is 26.9. The number of rotatable bonds is 5. The molecule has 0 radical (unpaired) electrons. The highest BCUT2D eigenvalue weighted by Gasteiger charge is 2.21. The van der Waals surface area contributed by atoms with Crippen LogP contribution in [-0.2, 0) is 0 Å². The number of benzene rings is 5. The van der Waals surface area contributed by atoms with Crippen molar-refractivity contribution >= 4 is 27.6 Å². The molecule has 47 heavy (non-hydrogen) atoms. The summed E-state index contributed by atoms with van der Waals surface area (Å²) in [6, 6.07) is 54.0. The second kappa shape index (κ2) is 11.2. The van der Waals surface area contributed by atoms with Crippen molar-refractivity contribution in [1.29, 1.82) is 0 Å². The molecular weight excluding hydrogens is 574 g/mol. The normalized spacial score (nSPS) is 11.4. The summed E-state index contributed by atoms with van der Waals surface area (Å²) in [7, 11) is 0. The van der Waals surface area contributed by atoms with Crippen molar-refractivity contribution < 1.29 is 0 Å². The molecule has 9 aromatic rings. The Morgan fingerprint density at radius 1 is 0.362 bits per heavy atom. The molecule has 0 aliphatic heterocycles. The number of fused-ring (bicyclic) bond motifs is 5. The quantitative estimate of drug-likeness (QED) is 0.197. The van der Waals surface area contributed by atoms with E-state index in [2.05, 4.69) is 114 Å². The van der Waals surface area contributed by atoms with Gasteiger partial charge in [0.15, 0.2) is 11.5 Å². The summed E-state index contributed by atoms with van der Waals surface area (Å²) >= 11 is 0. The van der Waals surface area contributed by atoms with E-state index in [0.29, 0.717) is 5.82 Å². The molecule has 5 heteroatoms. The van der Waals surface area contributed by atoms with Crippen LogP contribution in [0.1, 0.15) is 0 Å². The van der Waals surface area contributed by atoms with Gasteiger partial charge in [0, 0.05) is 44.8 Å². The predicted octanol–water partition coefficient (Wildman–Crippen LogP) is 10.2. The molecule has 5 nitrogen and oxygen atoms in total. The van der Waals surface area contributed by atoms with Crippen LogP contribution in [0, 0.1) is 0 Å². The lowest BCUT2D eigenvalue weighted by molar-refractivity contribution is 1.18. The lowest BCUT2D eigenvalue weighted by atomic mass is 9.93. The molecule has 0 aliphatic carbocycles. The van der Waals surface area contributed by atoms with Gasteiger partial charge in [-0.2, -0.15) is 0 Å². The average molecular weight is 602 g/mol. The Balaban J connectivity index is 1.27. The highest BCUT2D eigenvalue weighted by Crippen LogP contribution is 2.41. The number of imidazole rings is 1. The van der Waals surface area contributed by atoms with Gasteiger partial charge in [0.1, 0.15) is 11.2 Å². The summed E-state index contributed by atoms with van der Waals surface area (Å²) in [5.74, 6) is 0.695. The van der Waals surface area contributed by atoms with Gasteiger partial charge >= 0.3 is 0 Å². The van der Waals surface area contributed by atoms with Gasteiger partial charge in [-0.25, -0.2) is 19.9 Å². The van der Waals surface area contributed by atoms with E-state index < -0.39 is 0 Å². The lowest BCUT2D eigenvalue weighted by Crippen LogP contribution is -2.01. The van der Waals surface area contributed by atoms with Crippen LogP contribution in [0.5, 0.6) is 0 Å². The second-order valence-corrected chi connectivity index (χ2v) is 11.5. The fourth-order valence-corrected chi connectivity index (χ4v) is 6.41. The van der Waals surface area contributed by atoms with Gasteiger partial charge < -0.3 is 0 Å². The third-order valence-corrected chi connectivity index (χ3v) is 8.64. The number of nitrogens with zero attached hydrogens (tertiary/aromatic N) is 5. The standard InChI is InChI=1S/C42H27N5/c1-4-14-29(15-5-1)38-36(39(30-16-6-2-7-17-30)45-41(44-38)32-18-8-3-9-19-32)28-23-25-31(26-24-28)37-33-20-10-11-21-34(33)40-42(46-37)47-27-13-12-22-35(47)43-40/h1-27H. The molecule has 0 N–H and O–H groups in total. The fraction of sp³-hybridized carbons (Fsp3) is 0. The van der Waals surface area contributed by atoms with Crippen molar-refractivity contribution in [3.05, 3.63) is 164 Å². The molecule has 220 valence electrons. The van der Waals surface area contributed by atoms with Crippen LogP contribution in [0.2, 0.25) is 0 Å². The van der Waals surface area contributed by atoms with Crippen molar-refractivity contribution in [1.82, 2.24) is 24.3 Å². The maximum atomic E-state index is 5.22. The summed E-state index contributed by atoms with van der Waals surface area (Å²) in [5, 5.41) is 2.16. The monoisotopic (exact) mass is 601 g/mol. The molecule has 5 aromatic carbocycles. The molecule has 9 rings (SSSR count). The Bertz CT molecular complexity index is 2480. The van der Waals surface area contributed by atoms with E-state index in [0.717, 1.165) is 78.0 Å². The molecule has 0 atom stereocenters. The fourth-order valence-electron chi connectivity index (χ4n) is 6.41. The van der Waals surface area contributed by atoms with Crippen LogP contribution in [-0.4, -0.2) is 24.3 Å². The van der Waals surface area contributed by atoms with Crippen LogP contribution in [0.25, 0.3) is 83.9 Å². The third-order valence-electron chi connectivity index (χ3n) is 8.64. The summed E-state index contributed by atoms with van der Waals surface area (Å²) < 4.78 is 2.06. The van der Waals surface area contributed by atoms with Gasteiger partial charge in [0.05, 0.1) is 17.1 Å². The summed E-state index contributed by atoms with van der Waals surface area (Å²) in [4.78, 5) is 20.6. The van der Waals surface area contributed by atoms with Crippen LogP contribution >= 0.6 is 0 Å². The third kappa shape index (κ3) is 4.64. The molecule has 4 heterocycles. The zero-order valence-corrected chi connectivity index (χ0v) is 25.3. The van der Waals surface area contributed by atoms with E-state index in [9.17, 15) is 0 Å². The van der Waals surface area contributed by atoms with E-state index in [4.69, 9.17) is 19.9 Å². The maximum absolute atomic E-state index is 5.22. The van der Waals surface area contributed by atoms with Gasteiger partial charge in [-0.3, -0.25) is 4.40 Å². The Morgan fingerprint density at radius 3 is 1.51 bits per heavy atom. The molecule has 0 amide bonds. The summed E-state index contributed by atoms with van der Waals surface area (Å²) in [6.07, 6.45) is 2.02. The van der Waals surface area contributed by atoms with Crippen LogP contribution < -0.4 is 0 Å². The maximum Gasteiger partial charge on any atom is 0.165 e. The first-order chi connectivity index (χ1) is 23.3. The van der Waals surface area contributed by atoms with Gasteiger partial charge in [-0.1, -0.05) is 146 Å². The zero-order valence-electron chi connectivity index (χ0n) is 25.3.